The summed E-state index contributed by atoms with van der Waals surface area (Å²) < 4.78 is 6.98. The van der Waals surface area contributed by atoms with Gasteiger partial charge in [-0.05, 0) is 97.5 Å². The zero-order valence-corrected chi connectivity index (χ0v) is 49.6. The Morgan fingerprint density at radius 3 is 1.11 bits per heavy atom. The van der Waals surface area contributed by atoms with Crippen LogP contribution in [0.4, 0.5) is 0 Å². The fourth-order valence-electron chi connectivity index (χ4n) is 5.94. The van der Waals surface area contributed by atoms with E-state index in [1.165, 1.54) is 60.6 Å². The van der Waals surface area contributed by atoms with E-state index < -0.39 is 0 Å². The van der Waals surface area contributed by atoms with Crippen molar-refractivity contribution in [3.8, 4) is 5.75 Å². The molecule has 0 spiro atoms. The van der Waals surface area contributed by atoms with Gasteiger partial charge in [0.1, 0.15) is 5.75 Å². The summed E-state index contributed by atoms with van der Waals surface area (Å²) >= 11 is 0. The number of aromatic nitrogens is 2. The van der Waals surface area contributed by atoms with Crippen molar-refractivity contribution in [2.45, 2.75) is 190 Å². The van der Waals surface area contributed by atoms with Crippen LogP contribution in [-0.2, 0) is 32.2 Å². The lowest BCUT2D eigenvalue weighted by molar-refractivity contribution is 0.101. The summed E-state index contributed by atoms with van der Waals surface area (Å²) in [5, 5.41) is 6.73. The number of hydrogen-bond donors (Lipinski definition) is 0. The van der Waals surface area contributed by atoms with Crippen molar-refractivity contribution in [1.29, 1.82) is 0 Å². The number of hydrogen-bond acceptors (Lipinski definition) is 3. The average molecular weight is 974 g/mol. The summed E-state index contributed by atoms with van der Waals surface area (Å²) in [4.78, 5) is 10.6. The van der Waals surface area contributed by atoms with Crippen LogP contribution in [0.15, 0.2) is 176 Å². The molecule has 4 heteroatoms. The van der Waals surface area contributed by atoms with Crippen molar-refractivity contribution in [2.24, 2.45) is 0 Å². The highest BCUT2D eigenvalue weighted by Crippen LogP contribution is 2.20. The molecule has 0 atom stereocenters. The Kier molecular flexibility index (Phi) is 69.5. The fraction of sp³-hybridized carbons (Fsp3) is 0.433. The Bertz CT molecular complexity index is 1860. The average Bonchev–Trinajstić information content (AvgIpc) is 4.16. The molecule has 2 aliphatic rings. The van der Waals surface area contributed by atoms with Crippen LogP contribution in [0.25, 0.3) is 10.8 Å². The van der Waals surface area contributed by atoms with Crippen LogP contribution < -0.4 is 4.74 Å². The summed E-state index contributed by atoms with van der Waals surface area (Å²) in [6.45, 7) is 40.9. The van der Waals surface area contributed by atoms with Gasteiger partial charge in [0.15, 0.2) is 5.78 Å². The number of fused-ring (bicyclic) bond motifs is 3. The van der Waals surface area contributed by atoms with Gasteiger partial charge in [-0.2, -0.15) is 5.10 Å². The van der Waals surface area contributed by atoms with E-state index in [0.29, 0.717) is 0 Å². The molecule has 1 aliphatic carbocycles. The second-order valence-electron chi connectivity index (χ2n) is 12.8. The highest BCUT2D eigenvalue weighted by Gasteiger charge is 2.08. The van der Waals surface area contributed by atoms with E-state index >= 15 is 0 Å². The maximum absolute atomic E-state index is 10.6. The number of carbonyl (C=O) groups excluding carboxylic acids is 1. The minimum atomic E-state index is 0.121. The molecule has 398 valence electrons. The van der Waals surface area contributed by atoms with Crippen molar-refractivity contribution < 1.29 is 9.53 Å². The standard InChI is InChI=1S/C10H12.C10H8.C8H8O.C8H10.C7H8O.C6H8N2.9C2H6/c2*1-2-6-10-8-4-3-7-9(10)5-1;1-7(9)8-5-3-2-4-6-8;1-2-8-6-4-3-5-7-8;1-8-7-5-3-2-4-6-7;1-2-6-3-4-7-8(6)5-1;9*1-2/h1-2,5-6H,3-4,7-8H2;1-8H;2-6H,1H3;3-7H,2H2,1H3;2-6H,1H3;3-4H,1-2,5H2;9*1-2H3. The van der Waals surface area contributed by atoms with Gasteiger partial charge in [0.2, 0.25) is 0 Å². The Balaban J connectivity index is -0.000000168. The van der Waals surface area contributed by atoms with Crippen LogP contribution in [0.3, 0.4) is 0 Å². The lowest BCUT2D eigenvalue weighted by Gasteiger charge is -2.13. The molecule has 0 saturated heterocycles. The molecule has 6 aromatic carbocycles. The third kappa shape index (κ3) is 40.7. The third-order valence-electron chi connectivity index (χ3n) is 8.94. The topological polar surface area (TPSA) is 44.1 Å². The molecule has 0 N–H and O–H groups in total. The summed E-state index contributed by atoms with van der Waals surface area (Å²) in [5.41, 5.74) is 6.73. The number of ketones is 1. The SMILES string of the molecule is CC.CC.CC.CC.CC.CC.CC.CC.CC.CC(=O)c1ccccc1.CCc1ccccc1.COc1ccccc1.c1cc2n(n1)CCC2.c1ccc2c(c1)CCCC2.c1ccc2ccccc2c1. The fourth-order valence-corrected chi connectivity index (χ4v) is 5.94. The maximum Gasteiger partial charge on any atom is 0.159 e. The molecular weight excluding hydrogens is 865 g/mol. The second-order valence-corrected chi connectivity index (χ2v) is 12.8. The predicted octanol–water partition coefficient (Wildman–Crippen LogP) is 21.3. The Morgan fingerprint density at radius 1 is 0.451 bits per heavy atom. The highest BCUT2D eigenvalue weighted by atomic mass is 16.5. The number of nitrogens with zero attached hydrogens (tertiary/aromatic N) is 2. The Hall–Kier alpha value is -5.74. The van der Waals surface area contributed by atoms with Gasteiger partial charge >= 0.3 is 0 Å². The number of Topliss-reactive ketones (excluding diaryl/α,β-unsaturated/α-hetero) is 1. The molecule has 1 aromatic heterocycles. The molecule has 0 radical (unpaired) electrons. The lowest BCUT2D eigenvalue weighted by Crippen LogP contribution is -2.00. The number of ether oxygens (including phenoxy) is 1. The van der Waals surface area contributed by atoms with Crippen LogP contribution in [0.2, 0.25) is 0 Å². The van der Waals surface area contributed by atoms with Crippen molar-refractivity contribution in [1.82, 2.24) is 9.78 Å². The smallest absolute Gasteiger partial charge is 0.159 e. The molecule has 0 bridgehead atoms. The first-order chi connectivity index (χ1) is 35.1. The van der Waals surface area contributed by atoms with E-state index in [0.717, 1.165) is 24.3 Å². The van der Waals surface area contributed by atoms with Crippen molar-refractivity contribution in [2.75, 3.05) is 7.11 Å². The molecule has 4 nitrogen and oxygen atoms in total. The van der Waals surface area contributed by atoms with Gasteiger partial charge in [0.25, 0.3) is 0 Å². The monoisotopic (exact) mass is 973 g/mol. The Morgan fingerprint density at radius 2 is 0.803 bits per heavy atom. The first-order valence-corrected chi connectivity index (χ1v) is 27.8. The van der Waals surface area contributed by atoms with E-state index in [1.54, 1.807) is 25.2 Å². The van der Waals surface area contributed by atoms with Crippen LogP contribution in [-0.4, -0.2) is 22.7 Å². The van der Waals surface area contributed by atoms with E-state index in [2.05, 4.69) is 120 Å². The van der Waals surface area contributed by atoms with Crippen LogP contribution >= 0.6 is 0 Å². The summed E-state index contributed by atoms with van der Waals surface area (Å²) in [6.07, 6.45) is 10.9. The first-order valence-electron chi connectivity index (χ1n) is 27.8. The summed E-state index contributed by atoms with van der Waals surface area (Å²) in [6, 6.07) is 57.0. The van der Waals surface area contributed by atoms with E-state index in [9.17, 15) is 4.79 Å². The number of carbonyl (C=O) groups is 1. The number of rotatable bonds is 3. The normalized spacial score (nSPS) is 9.48. The molecule has 0 unspecified atom stereocenters. The number of benzene rings is 6. The number of aryl methyl sites for hydroxylation is 5. The quantitative estimate of drug-likeness (QED) is 0.166. The first kappa shape index (κ1) is 76.7. The van der Waals surface area contributed by atoms with Crippen molar-refractivity contribution in [3.05, 3.63) is 204 Å². The zero-order chi connectivity index (χ0) is 55.4. The van der Waals surface area contributed by atoms with Crippen LogP contribution in [0, 0.1) is 0 Å². The van der Waals surface area contributed by atoms with Gasteiger partial charge in [0.05, 0.1) is 7.11 Å². The van der Waals surface area contributed by atoms with E-state index in [1.807, 2.05) is 198 Å². The summed E-state index contributed by atoms with van der Waals surface area (Å²) in [5.74, 6) is 1.03. The molecule has 1 aliphatic heterocycles. The molecule has 7 aromatic rings. The van der Waals surface area contributed by atoms with E-state index in [-0.39, 0.29) is 5.78 Å². The van der Waals surface area contributed by atoms with Gasteiger partial charge in [0, 0.05) is 24.0 Å². The largest absolute Gasteiger partial charge is 0.497 e. The van der Waals surface area contributed by atoms with Gasteiger partial charge in [-0.25, -0.2) is 0 Å². The van der Waals surface area contributed by atoms with Gasteiger partial charge < -0.3 is 4.74 Å². The molecule has 9 rings (SSSR count). The second kappa shape index (κ2) is 64.3. The van der Waals surface area contributed by atoms with Gasteiger partial charge in [-0.1, -0.05) is 283 Å². The lowest BCUT2D eigenvalue weighted by atomic mass is 9.92. The minimum absolute atomic E-state index is 0.121. The minimum Gasteiger partial charge on any atom is -0.497 e. The number of methoxy groups -OCH3 is 1. The predicted molar refractivity (Wildman–Crippen MR) is 325 cm³/mol. The number of para-hydroxylation sites is 1. The molecule has 0 fully saturated rings. The third-order valence-corrected chi connectivity index (χ3v) is 8.94. The molecular formula is C67H108N2O2. The van der Waals surface area contributed by atoms with Gasteiger partial charge in [-0.15, -0.1) is 0 Å². The summed E-state index contributed by atoms with van der Waals surface area (Å²) in [7, 11) is 1.66. The molecule has 71 heavy (non-hydrogen) atoms. The Labute approximate surface area is 440 Å². The van der Waals surface area contributed by atoms with Crippen molar-refractivity contribution >= 4 is 16.6 Å². The van der Waals surface area contributed by atoms with Crippen LogP contribution in [0.5, 0.6) is 5.75 Å². The molecule has 2 heterocycles. The molecule has 0 saturated carbocycles. The zero-order valence-electron chi connectivity index (χ0n) is 49.6. The maximum atomic E-state index is 10.6. The molecule has 0 amide bonds. The highest BCUT2D eigenvalue weighted by molar-refractivity contribution is 5.93. The van der Waals surface area contributed by atoms with Crippen molar-refractivity contribution in [3.63, 3.8) is 0 Å². The van der Waals surface area contributed by atoms with E-state index in [4.69, 9.17) is 4.74 Å². The van der Waals surface area contributed by atoms with Gasteiger partial charge in [-0.3, -0.25) is 9.48 Å². The van der Waals surface area contributed by atoms with Crippen LogP contribution in [0.1, 0.15) is 190 Å².